The Morgan fingerprint density at radius 1 is 1.00 bits per heavy atom. The van der Waals surface area contributed by atoms with Crippen molar-refractivity contribution < 1.29 is 37.3 Å². The Labute approximate surface area is 160 Å². The van der Waals surface area contributed by atoms with Crippen molar-refractivity contribution in [1.29, 1.82) is 0 Å². The van der Waals surface area contributed by atoms with E-state index in [-0.39, 0.29) is 24.7 Å². The summed E-state index contributed by atoms with van der Waals surface area (Å²) in [7, 11) is 1.31. The topological polar surface area (TPSA) is 71.1 Å². The summed E-state index contributed by atoms with van der Waals surface area (Å²) in [5.74, 6) is -1.17. The Balaban J connectivity index is 1.79. The minimum Gasteiger partial charge on any atom is -0.493 e. The summed E-state index contributed by atoms with van der Waals surface area (Å²) in [5.41, 5.74) is 0.924. The van der Waals surface area contributed by atoms with Gasteiger partial charge in [0.15, 0.2) is 11.5 Å². The van der Waals surface area contributed by atoms with Gasteiger partial charge in [-0.3, -0.25) is 0 Å². The van der Waals surface area contributed by atoms with Gasteiger partial charge >= 0.3 is 18.6 Å². The summed E-state index contributed by atoms with van der Waals surface area (Å²) in [4.78, 5) is 23.4. The van der Waals surface area contributed by atoms with Gasteiger partial charge in [0, 0.05) is 6.08 Å². The molecule has 8 heteroatoms. The molecule has 0 N–H and O–H groups in total. The van der Waals surface area contributed by atoms with E-state index >= 15 is 0 Å². The number of esters is 2. The van der Waals surface area contributed by atoms with E-state index in [0.29, 0.717) is 11.1 Å². The predicted molar refractivity (Wildman–Crippen MR) is 96.3 cm³/mol. The molecule has 0 aliphatic rings. The van der Waals surface area contributed by atoms with Crippen LogP contribution in [0.4, 0.5) is 8.78 Å². The van der Waals surface area contributed by atoms with Crippen molar-refractivity contribution in [3.63, 3.8) is 0 Å². The maximum atomic E-state index is 12.3. The molecule has 0 aliphatic carbocycles. The van der Waals surface area contributed by atoms with Gasteiger partial charge in [0.25, 0.3) is 0 Å². The van der Waals surface area contributed by atoms with Crippen molar-refractivity contribution in [2.45, 2.75) is 6.61 Å². The van der Waals surface area contributed by atoms with Gasteiger partial charge in [0.2, 0.25) is 0 Å². The maximum absolute atomic E-state index is 12.3. The number of hydrogen-bond donors (Lipinski definition) is 0. The molecule has 0 radical (unpaired) electrons. The molecule has 0 fully saturated rings. The second-order valence-electron chi connectivity index (χ2n) is 5.29. The van der Waals surface area contributed by atoms with Crippen molar-refractivity contribution in [2.24, 2.45) is 0 Å². The fraction of sp³-hybridized carbons (Fsp3) is 0.200. The first-order valence-electron chi connectivity index (χ1n) is 8.19. The highest BCUT2D eigenvalue weighted by Crippen LogP contribution is 2.29. The summed E-state index contributed by atoms with van der Waals surface area (Å²) in [6.07, 6.45) is 2.58. The van der Waals surface area contributed by atoms with Gasteiger partial charge in [-0.1, -0.05) is 24.3 Å². The van der Waals surface area contributed by atoms with Crippen LogP contribution in [0.25, 0.3) is 6.08 Å². The molecule has 2 aromatic rings. The molecule has 148 valence electrons. The lowest BCUT2D eigenvalue weighted by atomic mass is 10.2. The molecule has 2 aromatic carbocycles. The Morgan fingerprint density at radius 3 is 2.39 bits per heavy atom. The highest BCUT2D eigenvalue weighted by atomic mass is 19.3. The number of ether oxygens (including phenoxy) is 4. The van der Waals surface area contributed by atoms with Crippen LogP contribution >= 0.6 is 0 Å². The normalized spacial score (nSPS) is 10.7. The number of hydrogen-bond acceptors (Lipinski definition) is 6. The minimum atomic E-state index is -2.97. The lowest BCUT2D eigenvalue weighted by Gasteiger charge is -2.10. The van der Waals surface area contributed by atoms with Gasteiger partial charge in [0.05, 0.1) is 12.7 Å². The number of benzene rings is 2. The fourth-order valence-corrected chi connectivity index (χ4v) is 2.13. The maximum Gasteiger partial charge on any atom is 0.387 e. The molecule has 0 amide bonds. The van der Waals surface area contributed by atoms with Crippen LogP contribution in [-0.4, -0.2) is 38.9 Å². The van der Waals surface area contributed by atoms with Crippen molar-refractivity contribution in [2.75, 3.05) is 20.3 Å². The van der Waals surface area contributed by atoms with Crippen LogP contribution in [0.1, 0.15) is 15.9 Å². The number of carbonyl (C=O) groups is 2. The molecular formula is C20H18F2O6. The van der Waals surface area contributed by atoms with Crippen LogP contribution in [0.3, 0.4) is 0 Å². The highest BCUT2D eigenvalue weighted by Gasteiger charge is 2.10. The second kappa shape index (κ2) is 10.7. The molecule has 0 aliphatic heterocycles. The van der Waals surface area contributed by atoms with Crippen molar-refractivity contribution in [3.05, 3.63) is 65.7 Å². The van der Waals surface area contributed by atoms with E-state index in [1.807, 2.05) is 0 Å². The highest BCUT2D eigenvalue weighted by molar-refractivity contribution is 5.89. The smallest absolute Gasteiger partial charge is 0.387 e. The van der Waals surface area contributed by atoms with E-state index in [9.17, 15) is 18.4 Å². The quantitative estimate of drug-likeness (QED) is 0.368. The SMILES string of the molecule is COc1cc(/C=C/C(=O)OCCOC(=O)c2ccccc2)ccc1OC(F)F. The molecule has 0 saturated carbocycles. The van der Waals surface area contributed by atoms with E-state index in [2.05, 4.69) is 4.74 Å². The van der Waals surface area contributed by atoms with Gasteiger partial charge in [-0.15, -0.1) is 0 Å². The molecular weight excluding hydrogens is 374 g/mol. The van der Waals surface area contributed by atoms with E-state index in [4.69, 9.17) is 14.2 Å². The molecule has 2 rings (SSSR count). The van der Waals surface area contributed by atoms with Gasteiger partial charge in [0.1, 0.15) is 13.2 Å². The lowest BCUT2D eigenvalue weighted by molar-refractivity contribution is -0.138. The first-order valence-corrected chi connectivity index (χ1v) is 8.19. The molecule has 0 unspecified atom stereocenters. The molecule has 28 heavy (non-hydrogen) atoms. The van der Waals surface area contributed by atoms with Gasteiger partial charge in [-0.2, -0.15) is 8.78 Å². The Morgan fingerprint density at radius 2 is 1.71 bits per heavy atom. The second-order valence-corrected chi connectivity index (χ2v) is 5.29. The third kappa shape index (κ3) is 6.71. The van der Waals surface area contributed by atoms with E-state index in [0.717, 1.165) is 6.08 Å². The van der Waals surface area contributed by atoms with Crippen LogP contribution in [0.2, 0.25) is 0 Å². The zero-order chi connectivity index (χ0) is 20.4. The van der Waals surface area contributed by atoms with Crippen LogP contribution < -0.4 is 9.47 Å². The molecule has 0 spiro atoms. The van der Waals surface area contributed by atoms with E-state index < -0.39 is 18.6 Å². The minimum absolute atomic E-state index is 0.0825. The Kier molecular flexibility index (Phi) is 7.95. The summed E-state index contributed by atoms with van der Waals surface area (Å²) < 4.78 is 43.8. The van der Waals surface area contributed by atoms with E-state index in [1.165, 1.54) is 31.4 Å². The Bertz CT molecular complexity index is 821. The van der Waals surface area contributed by atoms with Crippen LogP contribution in [0.5, 0.6) is 11.5 Å². The van der Waals surface area contributed by atoms with Crippen molar-refractivity contribution in [1.82, 2.24) is 0 Å². The first kappa shape index (κ1) is 20.9. The standard InChI is InChI=1S/C20H18F2O6/c1-25-17-13-14(7-9-16(17)28-20(21)22)8-10-18(23)26-11-12-27-19(24)15-5-3-2-4-6-15/h2-10,13,20H,11-12H2,1H3/b10-8+. The summed E-state index contributed by atoms with van der Waals surface area (Å²) in [6.45, 7) is -3.16. The number of rotatable bonds is 9. The molecule has 6 nitrogen and oxygen atoms in total. The molecule has 0 atom stereocenters. The van der Waals surface area contributed by atoms with Crippen LogP contribution in [0, 0.1) is 0 Å². The summed E-state index contributed by atoms with van der Waals surface area (Å²) >= 11 is 0. The van der Waals surface area contributed by atoms with Gasteiger partial charge < -0.3 is 18.9 Å². The predicted octanol–water partition coefficient (Wildman–Crippen LogP) is 3.71. The van der Waals surface area contributed by atoms with Crippen LogP contribution in [0.15, 0.2) is 54.6 Å². The average Bonchev–Trinajstić information content (AvgIpc) is 2.70. The van der Waals surface area contributed by atoms with Crippen LogP contribution in [-0.2, 0) is 14.3 Å². The monoisotopic (exact) mass is 392 g/mol. The number of carbonyl (C=O) groups excluding carboxylic acids is 2. The zero-order valence-corrected chi connectivity index (χ0v) is 15.0. The third-order valence-electron chi connectivity index (χ3n) is 3.39. The van der Waals surface area contributed by atoms with Crippen molar-refractivity contribution in [3.8, 4) is 11.5 Å². The number of methoxy groups -OCH3 is 1. The average molecular weight is 392 g/mol. The summed E-state index contributed by atoms with van der Waals surface area (Å²) in [5, 5.41) is 0. The lowest BCUT2D eigenvalue weighted by Crippen LogP contribution is -2.12. The number of alkyl halides is 2. The Hall–Kier alpha value is -3.42. The fourth-order valence-electron chi connectivity index (χ4n) is 2.13. The largest absolute Gasteiger partial charge is 0.493 e. The van der Waals surface area contributed by atoms with Gasteiger partial charge in [-0.25, -0.2) is 9.59 Å². The van der Waals surface area contributed by atoms with E-state index in [1.54, 1.807) is 30.3 Å². The molecule has 0 bridgehead atoms. The van der Waals surface area contributed by atoms with Crippen molar-refractivity contribution >= 4 is 18.0 Å². The van der Waals surface area contributed by atoms with Gasteiger partial charge in [-0.05, 0) is 35.9 Å². The molecule has 0 saturated heterocycles. The first-order chi connectivity index (χ1) is 13.5. The zero-order valence-electron chi connectivity index (χ0n) is 15.0. The molecule has 0 aromatic heterocycles. The summed E-state index contributed by atoms with van der Waals surface area (Å²) in [6, 6.07) is 12.6. The third-order valence-corrected chi connectivity index (χ3v) is 3.39. The number of halogens is 2. The molecule has 0 heterocycles.